The smallest absolute Gasteiger partial charge is 0.328 e. The molecule has 75 heavy (non-hydrogen) atoms. The third-order valence-electron chi connectivity index (χ3n) is 11.8. The second-order valence-electron chi connectivity index (χ2n) is 19.0. The molecule has 420 valence electrons. The molecule has 0 radical (unpaired) electrons. The van der Waals surface area contributed by atoms with Gasteiger partial charge in [0, 0.05) is 12.8 Å². The van der Waals surface area contributed by atoms with Gasteiger partial charge in [-0.25, -0.2) is 4.79 Å². The van der Waals surface area contributed by atoms with Gasteiger partial charge < -0.3 is 80.8 Å². The Morgan fingerprint density at radius 2 is 1.03 bits per heavy atom. The second-order valence-corrected chi connectivity index (χ2v) is 19.0. The Kier molecular flexibility index (Phi) is 29.4. The first-order valence-electron chi connectivity index (χ1n) is 24.7. The molecule has 19 N–H and O–H groups in total. The number of hydrogen-bond donors (Lipinski definition) is 15. The summed E-state index contributed by atoms with van der Waals surface area (Å²) in [5, 5.41) is 47.8. The number of amides is 10. The van der Waals surface area contributed by atoms with Crippen molar-refractivity contribution in [2.24, 2.45) is 40.7 Å². The summed E-state index contributed by atoms with van der Waals surface area (Å²) >= 11 is 0. The van der Waals surface area contributed by atoms with Gasteiger partial charge in [0.05, 0.1) is 25.5 Å². The Bertz CT molecular complexity index is 2130. The van der Waals surface area contributed by atoms with Crippen molar-refractivity contribution in [1.82, 2.24) is 42.5 Å². The standard InChI is InChI=1S/C48H78N12O15/c1-7-26(6)39(47(73)56-31(20-27-13-9-8-10-14-27)42(68)58-34(23-61)48(74)75)60-45(71)32(21-36(52)63)55-41(67)29(16-17-35(51)62)53-43(69)33(22-37(64)65)57-46(72)38(25(4)5)59-44(70)30(19-24(2)3)54-40(66)28(50)15-11-12-18-49/h8-10,13-14,24-26,28-34,38-39,61H,7,11-12,15-23,49-50H2,1-6H3,(H2,51,62)(H2,52,63)(H,53,69)(H,54,66)(H,55,67)(H,56,73)(H,57,72)(H,58,68)(H,59,70)(H,60,71)(H,64,65)(H,74,75)/t26-,28-,29-,30-,31-,32-,33-,34-,38-,39-/m0/s1. The summed E-state index contributed by atoms with van der Waals surface area (Å²) in [7, 11) is 0. The molecule has 10 atom stereocenters. The fraction of sp³-hybridized carbons (Fsp3) is 0.625. The number of carbonyl (C=O) groups excluding carboxylic acids is 10. The van der Waals surface area contributed by atoms with Crippen LogP contribution in [0, 0.1) is 17.8 Å². The van der Waals surface area contributed by atoms with Crippen LogP contribution < -0.4 is 65.5 Å². The van der Waals surface area contributed by atoms with Crippen LogP contribution in [0.25, 0.3) is 0 Å². The van der Waals surface area contributed by atoms with Gasteiger partial charge in [0.1, 0.15) is 48.3 Å². The molecule has 1 rings (SSSR count). The minimum absolute atomic E-state index is 0.126. The van der Waals surface area contributed by atoms with Crippen LogP contribution in [-0.2, 0) is 64.0 Å². The van der Waals surface area contributed by atoms with Gasteiger partial charge in [-0.1, -0.05) is 84.7 Å². The molecule has 27 heteroatoms. The second kappa shape index (κ2) is 33.5. The normalized spacial score (nSPS) is 15.1. The predicted molar refractivity (Wildman–Crippen MR) is 269 cm³/mol. The molecule has 1 aromatic carbocycles. The van der Waals surface area contributed by atoms with Gasteiger partial charge in [0.2, 0.25) is 59.1 Å². The van der Waals surface area contributed by atoms with Crippen LogP contribution in [0.3, 0.4) is 0 Å². The lowest BCUT2D eigenvalue weighted by Gasteiger charge is -2.29. The van der Waals surface area contributed by atoms with Crippen molar-refractivity contribution in [3.8, 4) is 0 Å². The third kappa shape index (κ3) is 24.6. The van der Waals surface area contributed by atoms with Crippen LogP contribution in [0.15, 0.2) is 30.3 Å². The number of aliphatic hydroxyl groups is 1. The van der Waals surface area contributed by atoms with E-state index in [1.165, 1.54) is 0 Å². The van der Waals surface area contributed by atoms with E-state index in [1.807, 2.05) is 0 Å². The van der Waals surface area contributed by atoms with Crippen molar-refractivity contribution < 1.29 is 72.9 Å². The maximum absolute atomic E-state index is 14.0. The minimum atomic E-state index is -1.94. The number of unbranched alkanes of at least 4 members (excludes halogenated alkanes) is 1. The first-order valence-corrected chi connectivity index (χ1v) is 24.7. The van der Waals surface area contributed by atoms with Crippen molar-refractivity contribution in [2.75, 3.05) is 13.2 Å². The zero-order valence-corrected chi connectivity index (χ0v) is 43.4. The van der Waals surface area contributed by atoms with Gasteiger partial charge in [0.25, 0.3) is 0 Å². The summed E-state index contributed by atoms with van der Waals surface area (Å²) < 4.78 is 0. The largest absolute Gasteiger partial charge is 0.481 e. The first kappa shape index (κ1) is 65.8. The highest BCUT2D eigenvalue weighted by atomic mass is 16.4. The Hall–Kier alpha value is -7.26. The van der Waals surface area contributed by atoms with Crippen LogP contribution >= 0.6 is 0 Å². The molecular formula is C48H78N12O15. The third-order valence-corrected chi connectivity index (χ3v) is 11.8. The van der Waals surface area contributed by atoms with E-state index in [9.17, 15) is 72.9 Å². The number of rotatable bonds is 36. The highest BCUT2D eigenvalue weighted by molar-refractivity contribution is 6.00. The van der Waals surface area contributed by atoms with Crippen molar-refractivity contribution in [1.29, 1.82) is 0 Å². The Labute approximate surface area is 435 Å². The van der Waals surface area contributed by atoms with E-state index in [0.29, 0.717) is 31.4 Å². The fourth-order valence-electron chi connectivity index (χ4n) is 7.30. The summed E-state index contributed by atoms with van der Waals surface area (Å²) in [6, 6.07) is -5.60. The van der Waals surface area contributed by atoms with Crippen molar-refractivity contribution >= 4 is 71.0 Å². The van der Waals surface area contributed by atoms with Gasteiger partial charge in [-0.2, -0.15) is 0 Å². The molecule has 1 aromatic rings. The number of carboxylic acids is 2. The van der Waals surface area contributed by atoms with E-state index in [4.69, 9.17) is 22.9 Å². The van der Waals surface area contributed by atoms with Gasteiger partial charge in [-0.15, -0.1) is 0 Å². The number of aliphatic carboxylic acids is 2. The summed E-state index contributed by atoms with van der Waals surface area (Å²) in [6.45, 7) is 9.30. The van der Waals surface area contributed by atoms with Crippen molar-refractivity contribution in [2.45, 2.75) is 160 Å². The minimum Gasteiger partial charge on any atom is -0.481 e. The van der Waals surface area contributed by atoms with Crippen LogP contribution in [-0.4, -0.2) is 154 Å². The average molecular weight is 1060 g/mol. The van der Waals surface area contributed by atoms with Crippen molar-refractivity contribution in [3.63, 3.8) is 0 Å². The number of carbonyl (C=O) groups is 12. The Morgan fingerprint density at radius 1 is 0.547 bits per heavy atom. The topological polar surface area (TPSA) is 466 Å². The number of hydrogen-bond acceptors (Lipinski definition) is 15. The molecule has 0 heterocycles. The van der Waals surface area contributed by atoms with E-state index < -0.39 is 170 Å². The predicted octanol–water partition coefficient (Wildman–Crippen LogP) is -4.00. The van der Waals surface area contributed by atoms with Crippen LogP contribution in [0.4, 0.5) is 0 Å². The summed E-state index contributed by atoms with van der Waals surface area (Å²) in [6.07, 6.45) is -1.44. The van der Waals surface area contributed by atoms with Gasteiger partial charge in [-0.3, -0.25) is 52.7 Å². The maximum Gasteiger partial charge on any atom is 0.328 e. The number of carboxylic acid groups (broad SMARTS) is 2. The zero-order valence-electron chi connectivity index (χ0n) is 43.4. The molecule has 0 aliphatic carbocycles. The summed E-state index contributed by atoms with van der Waals surface area (Å²) in [4.78, 5) is 158. The molecular weight excluding hydrogens is 985 g/mol. The SMILES string of the molecule is CC[C@H](C)[C@H](NC(=O)[C@H](CC(N)=O)NC(=O)[C@H](CCC(N)=O)NC(=O)[C@H](CC(=O)O)NC(=O)[C@@H](NC(=O)[C@H](CC(C)C)NC(=O)[C@@H](N)CCCCN)C(C)C)C(=O)N[C@@H](Cc1ccccc1)C(=O)N[C@@H](CO)C(=O)O. The molecule has 0 aliphatic rings. The maximum atomic E-state index is 14.0. The van der Waals surface area contributed by atoms with E-state index in [1.54, 1.807) is 71.9 Å². The van der Waals surface area contributed by atoms with Gasteiger partial charge in [-0.05, 0) is 55.5 Å². The highest BCUT2D eigenvalue weighted by Crippen LogP contribution is 2.14. The first-order chi connectivity index (χ1) is 35.1. The molecule has 0 saturated heterocycles. The number of nitrogens with one attached hydrogen (secondary N) is 8. The monoisotopic (exact) mass is 1060 g/mol. The van der Waals surface area contributed by atoms with E-state index in [-0.39, 0.29) is 25.2 Å². The van der Waals surface area contributed by atoms with E-state index in [0.717, 1.165) is 0 Å². The molecule has 0 unspecified atom stereocenters. The summed E-state index contributed by atoms with van der Waals surface area (Å²) in [5.41, 5.74) is 22.9. The van der Waals surface area contributed by atoms with E-state index >= 15 is 0 Å². The molecule has 27 nitrogen and oxygen atoms in total. The van der Waals surface area contributed by atoms with Crippen molar-refractivity contribution in [3.05, 3.63) is 35.9 Å². The highest BCUT2D eigenvalue weighted by Gasteiger charge is 2.37. The molecule has 0 aliphatic heterocycles. The Morgan fingerprint density at radius 3 is 1.55 bits per heavy atom. The van der Waals surface area contributed by atoms with Crippen LogP contribution in [0.5, 0.6) is 0 Å². The van der Waals surface area contributed by atoms with Gasteiger partial charge >= 0.3 is 11.9 Å². The lowest BCUT2D eigenvalue weighted by Crippen LogP contribution is -2.62. The zero-order chi connectivity index (χ0) is 57.1. The summed E-state index contributed by atoms with van der Waals surface area (Å²) in [5.74, 6) is -14.9. The number of nitrogens with two attached hydrogens (primary N) is 4. The molecule has 0 bridgehead atoms. The van der Waals surface area contributed by atoms with Gasteiger partial charge in [0.15, 0.2) is 0 Å². The number of benzene rings is 1. The Balaban J connectivity index is 3.50. The number of primary amides is 2. The van der Waals surface area contributed by atoms with Crippen LogP contribution in [0.1, 0.15) is 105 Å². The number of aliphatic hydroxyl groups excluding tert-OH is 1. The van der Waals surface area contributed by atoms with Crippen LogP contribution in [0.2, 0.25) is 0 Å². The molecule has 0 spiro atoms. The molecule has 10 amide bonds. The van der Waals surface area contributed by atoms with E-state index in [2.05, 4.69) is 42.5 Å². The quantitative estimate of drug-likeness (QED) is 0.0285. The lowest BCUT2D eigenvalue weighted by molar-refractivity contribution is -0.143. The molecule has 0 saturated carbocycles. The lowest BCUT2D eigenvalue weighted by atomic mass is 9.96. The fourth-order valence-corrected chi connectivity index (χ4v) is 7.30. The molecule has 0 aromatic heterocycles. The molecule has 0 fully saturated rings. The average Bonchev–Trinajstić information content (AvgIpc) is 3.33.